The van der Waals surface area contributed by atoms with Gasteiger partial charge in [-0.25, -0.2) is 9.78 Å². The standard InChI is InChI=1S/C16H23N3OS/c1-2-3-4-5-6-9-12-17-15(20)19-16-18-13-10-7-8-11-14(13)21-16/h7-8,10-11H,2-6,9,12H2,1H3,(H2,17,18,19,20). The van der Waals surface area contributed by atoms with E-state index in [1.807, 2.05) is 24.3 Å². The number of aromatic nitrogens is 1. The largest absolute Gasteiger partial charge is 0.338 e. The molecule has 4 nitrogen and oxygen atoms in total. The summed E-state index contributed by atoms with van der Waals surface area (Å²) in [6.45, 7) is 2.94. The van der Waals surface area contributed by atoms with Crippen LogP contribution in [0.2, 0.25) is 0 Å². The number of benzene rings is 1. The van der Waals surface area contributed by atoms with Gasteiger partial charge in [0.1, 0.15) is 0 Å². The molecular weight excluding hydrogens is 282 g/mol. The molecule has 0 radical (unpaired) electrons. The molecule has 0 saturated carbocycles. The minimum Gasteiger partial charge on any atom is -0.338 e. The van der Waals surface area contributed by atoms with Crippen molar-refractivity contribution in [2.45, 2.75) is 45.4 Å². The van der Waals surface area contributed by atoms with E-state index in [1.165, 1.54) is 43.4 Å². The first kappa shape index (κ1) is 15.8. The Morgan fingerprint density at radius 2 is 1.90 bits per heavy atom. The maximum atomic E-state index is 11.8. The summed E-state index contributed by atoms with van der Waals surface area (Å²) in [4.78, 5) is 16.1. The molecular formula is C16H23N3OS. The number of urea groups is 1. The van der Waals surface area contributed by atoms with Gasteiger partial charge in [-0.1, -0.05) is 62.5 Å². The van der Waals surface area contributed by atoms with Gasteiger partial charge in [0.15, 0.2) is 5.13 Å². The van der Waals surface area contributed by atoms with Crippen molar-refractivity contribution in [2.24, 2.45) is 0 Å². The number of amides is 2. The molecule has 2 aromatic rings. The van der Waals surface area contributed by atoms with Crippen molar-refractivity contribution in [1.82, 2.24) is 10.3 Å². The molecule has 2 amide bonds. The van der Waals surface area contributed by atoms with Crippen molar-refractivity contribution in [3.05, 3.63) is 24.3 Å². The molecule has 0 atom stereocenters. The summed E-state index contributed by atoms with van der Waals surface area (Å²) in [6, 6.07) is 7.72. The summed E-state index contributed by atoms with van der Waals surface area (Å²) in [5.41, 5.74) is 0.925. The first-order valence-electron chi connectivity index (χ1n) is 7.70. The van der Waals surface area contributed by atoms with E-state index in [1.54, 1.807) is 0 Å². The smallest absolute Gasteiger partial charge is 0.321 e. The highest BCUT2D eigenvalue weighted by Crippen LogP contribution is 2.25. The fourth-order valence-electron chi connectivity index (χ4n) is 2.17. The highest BCUT2D eigenvalue weighted by molar-refractivity contribution is 7.22. The summed E-state index contributed by atoms with van der Waals surface area (Å²) >= 11 is 1.50. The summed E-state index contributed by atoms with van der Waals surface area (Å²) in [7, 11) is 0. The number of anilines is 1. The lowest BCUT2D eigenvalue weighted by Crippen LogP contribution is -2.29. The molecule has 1 aromatic carbocycles. The van der Waals surface area contributed by atoms with Gasteiger partial charge in [-0.05, 0) is 18.6 Å². The Morgan fingerprint density at radius 3 is 2.71 bits per heavy atom. The van der Waals surface area contributed by atoms with E-state index in [0.29, 0.717) is 5.13 Å². The molecule has 0 aliphatic rings. The number of hydrogen-bond acceptors (Lipinski definition) is 3. The Labute approximate surface area is 130 Å². The first-order chi connectivity index (χ1) is 10.3. The minimum atomic E-state index is -0.164. The summed E-state index contributed by atoms with van der Waals surface area (Å²) in [6.07, 6.45) is 7.36. The summed E-state index contributed by atoms with van der Waals surface area (Å²) < 4.78 is 1.09. The number of hydrogen-bond donors (Lipinski definition) is 2. The molecule has 0 aliphatic carbocycles. The zero-order valence-electron chi connectivity index (χ0n) is 12.5. The van der Waals surface area contributed by atoms with Gasteiger partial charge in [0.05, 0.1) is 10.2 Å². The van der Waals surface area contributed by atoms with E-state index in [-0.39, 0.29) is 6.03 Å². The lowest BCUT2D eigenvalue weighted by Gasteiger charge is -2.05. The maximum Gasteiger partial charge on any atom is 0.321 e. The van der Waals surface area contributed by atoms with Gasteiger partial charge in [-0.2, -0.15) is 0 Å². The molecule has 21 heavy (non-hydrogen) atoms. The molecule has 0 saturated heterocycles. The van der Waals surface area contributed by atoms with E-state index in [0.717, 1.165) is 23.2 Å². The minimum absolute atomic E-state index is 0.164. The fourth-order valence-corrected chi connectivity index (χ4v) is 3.04. The zero-order chi connectivity index (χ0) is 14.9. The van der Waals surface area contributed by atoms with Crippen molar-refractivity contribution in [1.29, 1.82) is 0 Å². The summed E-state index contributed by atoms with van der Waals surface area (Å²) in [5, 5.41) is 6.33. The Bertz CT molecular complexity index is 534. The first-order valence-corrected chi connectivity index (χ1v) is 8.51. The van der Waals surface area contributed by atoms with Crippen LogP contribution in [0.3, 0.4) is 0 Å². The van der Waals surface area contributed by atoms with Gasteiger partial charge in [-0.15, -0.1) is 0 Å². The monoisotopic (exact) mass is 305 g/mol. The number of fused-ring (bicyclic) bond motifs is 1. The number of carbonyl (C=O) groups excluding carboxylic acids is 1. The number of carbonyl (C=O) groups is 1. The molecule has 0 spiro atoms. The van der Waals surface area contributed by atoms with Crippen molar-refractivity contribution in [2.75, 3.05) is 11.9 Å². The number of nitrogens with one attached hydrogen (secondary N) is 2. The van der Waals surface area contributed by atoms with Crippen LogP contribution in [0, 0.1) is 0 Å². The van der Waals surface area contributed by atoms with Crippen LogP contribution < -0.4 is 10.6 Å². The van der Waals surface area contributed by atoms with Gasteiger partial charge in [0.2, 0.25) is 0 Å². The van der Waals surface area contributed by atoms with E-state index in [9.17, 15) is 4.79 Å². The van der Waals surface area contributed by atoms with Crippen molar-refractivity contribution in [3.63, 3.8) is 0 Å². The van der Waals surface area contributed by atoms with E-state index in [4.69, 9.17) is 0 Å². The molecule has 0 bridgehead atoms. The lowest BCUT2D eigenvalue weighted by atomic mass is 10.1. The molecule has 2 N–H and O–H groups in total. The Kier molecular flexibility index (Phi) is 6.47. The van der Waals surface area contributed by atoms with Crippen molar-refractivity contribution >= 4 is 32.7 Å². The number of thiazole rings is 1. The van der Waals surface area contributed by atoms with Crippen LogP contribution in [0.25, 0.3) is 10.2 Å². The fraction of sp³-hybridized carbons (Fsp3) is 0.500. The average molecular weight is 305 g/mol. The van der Waals surface area contributed by atoms with Crippen LogP contribution in [0.15, 0.2) is 24.3 Å². The van der Waals surface area contributed by atoms with Crippen LogP contribution in [0.5, 0.6) is 0 Å². The van der Waals surface area contributed by atoms with E-state index < -0.39 is 0 Å². The molecule has 114 valence electrons. The van der Waals surface area contributed by atoms with Gasteiger partial charge >= 0.3 is 6.03 Å². The number of rotatable bonds is 8. The Morgan fingerprint density at radius 1 is 1.14 bits per heavy atom. The van der Waals surface area contributed by atoms with E-state index >= 15 is 0 Å². The Balaban J connectivity index is 1.65. The maximum absolute atomic E-state index is 11.8. The number of para-hydroxylation sites is 1. The third-order valence-corrected chi connectivity index (χ3v) is 4.28. The molecule has 0 fully saturated rings. The SMILES string of the molecule is CCCCCCCCNC(=O)Nc1nc2ccccc2s1. The molecule has 1 heterocycles. The molecule has 0 aliphatic heterocycles. The number of unbranched alkanes of at least 4 members (excludes halogenated alkanes) is 5. The van der Waals surface area contributed by atoms with Crippen molar-refractivity contribution < 1.29 is 4.79 Å². The predicted octanol–water partition coefficient (Wildman–Crippen LogP) is 4.78. The Hall–Kier alpha value is -1.62. The second-order valence-corrected chi connectivity index (χ2v) is 6.17. The van der Waals surface area contributed by atoms with Gasteiger partial charge in [0, 0.05) is 6.54 Å². The number of nitrogens with zero attached hydrogens (tertiary/aromatic N) is 1. The van der Waals surface area contributed by atoms with Crippen LogP contribution in [0.4, 0.5) is 9.93 Å². The molecule has 1 aromatic heterocycles. The van der Waals surface area contributed by atoms with Crippen molar-refractivity contribution in [3.8, 4) is 0 Å². The van der Waals surface area contributed by atoms with Crippen LogP contribution in [-0.4, -0.2) is 17.6 Å². The predicted molar refractivity (Wildman–Crippen MR) is 90.0 cm³/mol. The highest BCUT2D eigenvalue weighted by atomic mass is 32.1. The van der Waals surface area contributed by atoms with Gasteiger partial charge in [0.25, 0.3) is 0 Å². The third kappa shape index (κ3) is 5.34. The third-order valence-electron chi connectivity index (χ3n) is 3.33. The van der Waals surface area contributed by atoms with Crippen LogP contribution >= 0.6 is 11.3 Å². The second kappa shape index (κ2) is 8.62. The van der Waals surface area contributed by atoms with Crippen LogP contribution in [-0.2, 0) is 0 Å². The van der Waals surface area contributed by atoms with E-state index in [2.05, 4.69) is 22.5 Å². The quantitative estimate of drug-likeness (QED) is 0.690. The molecule has 2 rings (SSSR count). The highest BCUT2D eigenvalue weighted by Gasteiger charge is 2.06. The lowest BCUT2D eigenvalue weighted by molar-refractivity contribution is 0.252. The molecule has 0 unspecified atom stereocenters. The zero-order valence-corrected chi connectivity index (χ0v) is 13.3. The van der Waals surface area contributed by atoms with Gasteiger partial charge in [-0.3, -0.25) is 5.32 Å². The average Bonchev–Trinajstić information content (AvgIpc) is 2.88. The topological polar surface area (TPSA) is 54.0 Å². The molecule has 5 heteroatoms. The summed E-state index contributed by atoms with van der Waals surface area (Å²) in [5.74, 6) is 0. The second-order valence-electron chi connectivity index (χ2n) is 5.14. The van der Waals surface area contributed by atoms with Gasteiger partial charge < -0.3 is 5.32 Å². The normalized spacial score (nSPS) is 10.7. The van der Waals surface area contributed by atoms with Crippen LogP contribution in [0.1, 0.15) is 45.4 Å².